The van der Waals surface area contributed by atoms with Crippen LogP contribution in [0.2, 0.25) is 0 Å². The van der Waals surface area contributed by atoms with E-state index in [1.165, 1.54) is 36.3 Å². The highest BCUT2D eigenvalue weighted by Gasteiger charge is 2.36. The summed E-state index contributed by atoms with van der Waals surface area (Å²) < 4.78 is 36.5. The molecule has 1 unspecified atom stereocenters. The number of benzene rings is 1. The predicted octanol–water partition coefficient (Wildman–Crippen LogP) is 1.20. The van der Waals surface area contributed by atoms with Crippen LogP contribution in [0.5, 0.6) is 0 Å². The van der Waals surface area contributed by atoms with Gasteiger partial charge in [-0.05, 0) is 19.1 Å². The SMILES string of the molecule is CC(=O)c1cc(-c2ncc(-c3cnn(COC(=O)OC[C@H]4OC(O)[C@H](O)C[C@@H]4O)c3)c3onc(N)c23)c(F)cc1N. The molecule has 1 fully saturated rings. The van der Waals surface area contributed by atoms with Gasteiger partial charge in [-0.25, -0.2) is 13.9 Å². The zero-order chi connectivity index (χ0) is 29.4. The fourth-order valence-electron chi connectivity index (χ4n) is 4.36. The third kappa shape index (κ3) is 5.53. The highest BCUT2D eigenvalue weighted by Crippen LogP contribution is 2.38. The number of carbonyl (C=O) groups is 2. The minimum Gasteiger partial charge on any atom is -0.431 e. The van der Waals surface area contributed by atoms with Gasteiger partial charge in [0, 0.05) is 46.8 Å². The summed E-state index contributed by atoms with van der Waals surface area (Å²) in [6.07, 6.45) is -1.86. The van der Waals surface area contributed by atoms with Crippen LogP contribution in [-0.2, 0) is 20.9 Å². The largest absolute Gasteiger partial charge is 0.510 e. The fraction of sp³-hybridized carbons (Fsp3) is 0.320. The number of hydrogen-bond acceptors (Lipinski definition) is 14. The molecule has 7 N–H and O–H groups in total. The van der Waals surface area contributed by atoms with Gasteiger partial charge in [0.15, 0.2) is 30.2 Å². The van der Waals surface area contributed by atoms with Crippen molar-refractivity contribution < 1.29 is 48.0 Å². The van der Waals surface area contributed by atoms with Crippen LogP contribution in [0.1, 0.15) is 23.7 Å². The first kappa shape index (κ1) is 27.9. The van der Waals surface area contributed by atoms with Gasteiger partial charge in [0.25, 0.3) is 0 Å². The van der Waals surface area contributed by atoms with Crippen molar-refractivity contribution >= 4 is 34.4 Å². The topological polar surface area (TPSA) is 231 Å². The van der Waals surface area contributed by atoms with Crippen LogP contribution in [-0.4, -0.2) is 78.4 Å². The van der Waals surface area contributed by atoms with E-state index in [1.807, 2.05) is 0 Å². The molecule has 4 atom stereocenters. The number of anilines is 2. The summed E-state index contributed by atoms with van der Waals surface area (Å²) in [5, 5.41) is 37.1. The normalized spacial score (nSPS) is 20.7. The van der Waals surface area contributed by atoms with Crippen LogP contribution in [0.15, 0.2) is 35.2 Å². The highest BCUT2D eigenvalue weighted by atomic mass is 19.1. The fourth-order valence-corrected chi connectivity index (χ4v) is 4.36. The molecule has 16 heteroatoms. The molecule has 0 saturated carbocycles. The van der Waals surface area contributed by atoms with Gasteiger partial charge in [0.1, 0.15) is 24.6 Å². The standard InChI is InChI=1S/C25H25FN6O9/c1-10(33)12-2-13(15(26)3-16(12)27)21-20-22(41-31-23(20)28)14(6-29-21)11-5-30-32(7-11)9-39-25(37)38-8-19-17(34)4-18(35)24(36)40-19/h2-3,5-7,17-19,24,34-36H,4,8-9,27H2,1H3,(H2,28,31)/t17-,18+,19+,24?/m0/s1. The Morgan fingerprint density at radius 3 is 2.68 bits per heavy atom. The number of pyridine rings is 1. The Morgan fingerprint density at radius 2 is 1.93 bits per heavy atom. The van der Waals surface area contributed by atoms with Crippen LogP contribution >= 0.6 is 0 Å². The van der Waals surface area contributed by atoms with Gasteiger partial charge >= 0.3 is 6.16 Å². The lowest BCUT2D eigenvalue weighted by molar-refractivity contribution is -0.252. The van der Waals surface area contributed by atoms with E-state index in [1.54, 1.807) is 0 Å². The monoisotopic (exact) mass is 572 g/mol. The third-order valence-corrected chi connectivity index (χ3v) is 6.48. The zero-order valence-corrected chi connectivity index (χ0v) is 21.4. The average molecular weight is 573 g/mol. The summed E-state index contributed by atoms with van der Waals surface area (Å²) >= 11 is 0. The number of aliphatic hydroxyl groups excluding tert-OH is 3. The molecule has 1 aliphatic rings. The van der Waals surface area contributed by atoms with Crippen molar-refractivity contribution in [1.29, 1.82) is 0 Å². The van der Waals surface area contributed by atoms with E-state index < -0.39 is 43.2 Å². The maximum Gasteiger partial charge on any atom is 0.510 e. The summed E-state index contributed by atoms with van der Waals surface area (Å²) in [7, 11) is 0. The van der Waals surface area contributed by atoms with Crippen LogP contribution in [0.4, 0.5) is 20.7 Å². The second-order valence-electron chi connectivity index (χ2n) is 9.31. The van der Waals surface area contributed by atoms with Crippen molar-refractivity contribution in [2.45, 2.75) is 44.7 Å². The number of nitrogens with two attached hydrogens (primary N) is 2. The first-order chi connectivity index (χ1) is 19.5. The van der Waals surface area contributed by atoms with Crippen LogP contribution in [0.25, 0.3) is 33.4 Å². The summed E-state index contributed by atoms with van der Waals surface area (Å²) in [6.45, 7) is 0.534. The molecule has 41 heavy (non-hydrogen) atoms. The number of halogens is 1. The van der Waals surface area contributed by atoms with E-state index in [-0.39, 0.29) is 58.2 Å². The van der Waals surface area contributed by atoms with E-state index >= 15 is 0 Å². The van der Waals surface area contributed by atoms with Crippen molar-refractivity contribution in [2.75, 3.05) is 18.1 Å². The molecule has 1 aromatic carbocycles. The summed E-state index contributed by atoms with van der Waals surface area (Å²) in [5.74, 6) is -1.13. The molecule has 0 radical (unpaired) electrons. The second-order valence-corrected chi connectivity index (χ2v) is 9.31. The lowest BCUT2D eigenvalue weighted by Crippen LogP contribution is -2.49. The van der Waals surface area contributed by atoms with Crippen molar-refractivity contribution in [3.8, 4) is 22.4 Å². The molecule has 15 nitrogen and oxygen atoms in total. The molecule has 0 spiro atoms. The number of fused-ring (bicyclic) bond motifs is 1. The van der Waals surface area contributed by atoms with E-state index in [0.29, 0.717) is 11.1 Å². The highest BCUT2D eigenvalue weighted by molar-refractivity contribution is 6.06. The molecule has 0 aliphatic carbocycles. The molecule has 4 aromatic rings. The van der Waals surface area contributed by atoms with Crippen molar-refractivity contribution in [3.63, 3.8) is 0 Å². The Kier molecular flexibility index (Phi) is 7.55. The van der Waals surface area contributed by atoms with Gasteiger partial charge in [-0.15, -0.1) is 0 Å². The molecule has 3 aromatic heterocycles. The van der Waals surface area contributed by atoms with Crippen molar-refractivity contribution in [1.82, 2.24) is 19.9 Å². The lowest BCUT2D eigenvalue weighted by Gasteiger charge is -2.33. The Balaban J connectivity index is 1.31. The number of Topliss-reactive ketones (excluding diaryl/α,β-unsaturated/α-hetero) is 1. The maximum absolute atomic E-state index is 14.9. The van der Waals surface area contributed by atoms with Gasteiger partial charge in [-0.3, -0.25) is 9.78 Å². The van der Waals surface area contributed by atoms with Gasteiger partial charge in [-0.1, -0.05) is 5.16 Å². The molecular weight excluding hydrogens is 547 g/mol. The van der Waals surface area contributed by atoms with Crippen LogP contribution in [0, 0.1) is 5.82 Å². The average Bonchev–Trinajstić information content (AvgIpc) is 3.55. The number of ketones is 1. The minimum atomic E-state index is -1.51. The van der Waals surface area contributed by atoms with Crippen LogP contribution in [0.3, 0.4) is 0 Å². The van der Waals surface area contributed by atoms with Crippen molar-refractivity contribution in [2.24, 2.45) is 0 Å². The van der Waals surface area contributed by atoms with E-state index in [2.05, 4.69) is 15.2 Å². The van der Waals surface area contributed by atoms with E-state index in [0.717, 1.165) is 6.07 Å². The Morgan fingerprint density at radius 1 is 1.15 bits per heavy atom. The quantitative estimate of drug-likeness (QED) is 0.119. The van der Waals surface area contributed by atoms with Gasteiger partial charge in [-0.2, -0.15) is 5.10 Å². The maximum atomic E-state index is 14.9. The lowest BCUT2D eigenvalue weighted by atomic mass is 9.99. The predicted molar refractivity (Wildman–Crippen MR) is 137 cm³/mol. The van der Waals surface area contributed by atoms with E-state index in [4.69, 9.17) is 30.2 Å². The van der Waals surface area contributed by atoms with E-state index in [9.17, 15) is 29.3 Å². The first-order valence-electron chi connectivity index (χ1n) is 12.2. The van der Waals surface area contributed by atoms with Gasteiger partial charge in [0.2, 0.25) is 0 Å². The zero-order valence-electron chi connectivity index (χ0n) is 21.4. The number of aliphatic hydroxyl groups is 3. The summed E-state index contributed by atoms with van der Waals surface area (Å²) in [5.41, 5.74) is 13.0. The molecule has 1 aliphatic heterocycles. The number of carbonyl (C=O) groups excluding carboxylic acids is 2. The molecule has 0 amide bonds. The van der Waals surface area contributed by atoms with Crippen molar-refractivity contribution in [3.05, 3.63) is 42.1 Å². The molecule has 1 saturated heterocycles. The molecular formula is C25H25FN6O9. The number of rotatable bonds is 7. The molecule has 5 rings (SSSR count). The Labute approximate surface area is 230 Å². The Bertz CT molecular complexity index is 1620. The number of aromatic nitrogens is 4. The smallest absolute Gasteiger partial charge is 0.431 e. The minimum absolute atomic E-state index is 0.0121. The van der Waals surface area contributed by atoms with Gasteiger partial charge < -0.3 is 45.5 Å². The summed E-state index contributed by atoms with van der Waals surface area (Å²) in [4.78, 5) is 28.3. The first-order valence-corrected chi connectivity index (χ1v) is 12.2. The number of ether oxygens (including phenoxy) is 3. The molecule has 4 heterocycles. The summed E-state index contributed by atoms with van der Waals surface area (Å²) in [6, 6.07) is 2.33. The molecule has 216 valence electrons. The number of hydrogen-bond donors (Lipinski definition) is 5. The second kappa shape index (κ2) is 11.1. The number of nitrogen functional groups attached to an aromatic ring is 2. The number of nitrogens with zero attached hydrogens (tertiary/aromatic N) is 4. The Hall–Kier alpha value is -4.64. The third-order valence-electron chi connectivity index (χ3n) is 6.48. The van der Waals surface area contributed by atoms with Gasteiger partial charge in [0.05, 0.1) is 23.4 Å². The van der Waals surface area contributed by atoms with Crippen LogP contribution < -0.4 is 11.5 Å². The molecule has 0 bridgehead atoms.